The Morgan fingerprint density at radius 1 is 1.06 bits per heavy atom. The molecular weight excluding hydrogens is 265 g/mol. The van der Waals surface area contributed by atoms with Crippen molar-refractivity contribution in [3.63, 3.8) is 0 Å². The Bertz CT molecular complexity index is 387. The topological polar surface area (TPSA) is 81.7 Å². The smallest absolute Gasteiger partial charge is 0.198 e. The minimum Gasteiger partial charge on any atom is -0.198 e. The molecule has 0 radical (unpaired) electrons. The molecule has 0 rings (SSSR count). The molecule has 9 heteroatoms. The zero-order valence-electron chi connectivity index (χ0n) is 7.99. The number of hydrogen-bond donors (Lipinski definition) is 0. The summed E-state index contributed by atoms with van der Waals surface area (Å²) in [4.78, 5) is 0. The van der Waals surface area contributed by atoms with Crippen molar-refractivity contribution in [3.8, 4) is 12.1 Å². The summed E-state index contributed by atoms with van der Waals surface area (Å²) in [5.74, 6) is -0.750. The van der Waals surface area contributed by atoms with Gasteiger partial charge in [0.15, 0.2) is 0 Å². The second-order valence-electron chi connectivity index (χ2n) is 2.56. The monoisotopic (exact) mass is 273 g/mol. The summed E-state index contributed by atoms with van der Waals surface area (Å²) in [6.07, 6.45) is -0.548. The van der Waals surface area contributed by atoms with Gasteiger partial charge in [0, 0.05) is 0 Å². The molecule has 0 unspecified atom stereocenters. The molecule has 90 valence electrons. The second-order valence-corrected chi connectivity index (χ2v) is 8.36. The van der Waals surface area contributed by atoms with Crippen LogP contribution < -0.4 is 0 Å². The van der Waals surface area contributed by atoms with E-state index < -0.39 is 24.3 Å². The number of nitriles is 2. The van der Waals surface area contributed by atoms with Crippen LogP contribution in [0.1, 0.15) is 12.8 Å². The van der Waals surface area contributed by atoms with E-state index in [1.807, 2.05) is 0 Å². The Morgan fingerprint density at radius 2 is 1.44 bits per heavy atom. The van der Waals surface area contributed by atoms with E-state index in [1.165, 1.54) is 0 Å². The van der Waals surface area contributed by atoms with E-state index in [0.717, 1.165) is 0 Å². The van der Waals surface area contributed by atoms with Crippen LogP contribution in [0.3, 0.4) is 0 Å². The lowest BCUT2D eigenvalue weighted by atomic mass is 10.5. The SMILES string of the molecule is N#CCC[S+](CCC#N)S(=O)(=O)C(F)(F)F. The van der Waals surface area contributed by atoms with Crippen LogP contribution in [0.4, 0.5) is 13.2 Å². The first-order valence-corrected chi connectivity index (χ1v) is 7.57. The molecule has 0 bridgehead atoms. The van der Waals surface area contributed by atoms with Gasteiger partial charge >= 0.3 is 14.4 Å². The Labute approximate surface area is 93.3 Å². The molecule has 0 heterocycles. The molecule has 0 N–H and O–H groups in total. The van der Waals surface area contributed by atoms with Gasteiger partial charge in [-0.15, -0.1) is 0 Å². The van der Waals surface area contributed by atoms with Gasteiger partial charge in [0.25, 0.3) is 0 Å². The van der Waals surface area contributed by atoms with Crippen LogP contribution in [0, 0.1) is 22.7 Å². The summed E-state index contributed by atoms with van der Waals surface area (Å²) in [5.41, 5.74) is -5.32. The highest BCUT2D eigenvalue weighted by atomic mass is 33.2. The minimum absolute atomic E-state index is 0.274. The molecule has 0 aliphatic heterocycles. The molecule has 0 saturated carbocycles. The largest absolute Gasteiger partial charge is 0.543 e. The number of nitrogens with zero attached hydrogens (tertiary/aromatic N) is 2. The lowest BCUT2D eigenvalue weighted by molar-refractivity contribution is -0.0411. The molecule has 16 heavy (non-hydrogen) atoms. The fourth-order valence-electron chi connectivity index (χ4n) is 0.774. The van der Waals surface area contributed by atoms with Crippen molar-refractivity contribution >= 4 is 18.8 Å². The molecular formula is C7H8F3N2O2S2+. The van der Waals surface area contributed by atoms with Crippen LogP contribution in [0.2, 0.25) is 0 Å². The number of hydrogen-bond acceptors (Lipinski definition) is 4. The molecule has 0 aliphatic carbocycles. The summed E-state index contributed by atoms with van der Waals surface area (Å²) in [5, 5.41) is 16.4. The second kappa shape index (κ2) is 5.97. The zero-order chi connectivity index (χ0) is 12.8. The fraction of sp³-hybridized carbons (Fsp3) is 0.714. The van der Waals surface area contributed by atoms with Gasteiger partial charge in [0.2, 0.25) is 0 Å². The van der Waals surface area contributed by atoms with E-state index in [0.29, 0.717) is 0 Å². The first-order valence-electron chi connectivity index (χ1n) is 4.00. The van der Waals surface area contributed by atoms with Crippen LogP contribution in [-0.4, -0.2) is 25.4 Å². The lowest BCUT2D eigenvalue weighted by Gasteiger charge is -2.08. The van der Waals surface area contributed by atoms with Gasteiger partial charge in [0.05, 0.1) is 25.0 Å². The van der Waals surface area contributed by atoms with Crippen molar-refractivity contribution < 1.29 is 21.6 Å². The number of halogens is 3. The normalized spacial score (nSPS) is 12.1. The Kier molecular flexibility index (Phi) is 5.62. The third-order valence-electron chi connectivity index (χ3n) is 1.48. The zero-order valence-corrected chi connectivity index (χ0v) is 9.62. The third kappa shape index (κ3) is 3.91. The molecule has 0 aromatic heterocycles. The fourth-order valence-corrected chi connectivity index (χ4v) is 4.94. The van der Waals surface area contributed by atoms with Gasteiger partial charge in [-0.25, -0.2) is 0 Å². The van der Waals surface area contributed by atoms with Crippen LogP contribution in [0.5, 0.6) is 0 Å². The summed E-state index contributed by atoms with van der Waals surface area (Å²) in [7, 11) is -7.26. The van der Waals surface area contributed by atoms with Gasteiger partial charge < -0.3 is 0 Å². The van der Waals surface area contributed by atoms with Crippen LogP contribution in [0.25, 0.3) is 0 Å². The molecule has 0 spiro atoms. The average Bonchev–Trinajstić information content (AvgIpc) is 2.16. The van der Waals surface area contributed by atoms with Crippen LogP contribution >= 0.6 is 0 Å². The highest BCUT2D eigenvalue weighted by Crippen LogP contribution is 2.30. The van der Waals surface area contributed by atoms with Gasteiger partial charge in [0.1, 0.15) is 21.4 Å². The van der Waals surface area contributed by atoms with Crippen molar-refractivity contribution in [1.29, 1.82) is 10.5 Å². The standard InChI is InChI=1S/C7H8F3N2O2S2/c8-7(9,10)16(13,14)15(5-1-3-11)6-2-4-12/h1-2,5-6H2/q+1. The third-order valence-corrected chi connectivity index (χ3v) is 7.41. The summed E-state index contributed by atoms with van der Waals surface area (Å²) < 4.78 is 58.6. The molecule has 4 nitrogen and oxygen atoms in total. The van der Waals surface area contributed by atoms with E-state index >= 15 is 0 Å². The van der Waals surface area contributed by atoms with E-state index in [9.17, 15) is 21.6 Å². The molecule has 0 aromatic rings. The highest BCUT2D eigenvalue weighted by Gasteiger charge is 2.57. The van der Waals surface area contributed by atoms with Gasteiger partial charge in [-0.3, -0.25) is 0 Å². The Hall–Kier alpha value is -0.930. The molecule has 0 atom stereocenters. The summed E-state index contributed by atoms with van der Waals surface area (Å²) >= 11 is 0. The van der Waals surface area contributed by atoms with E-state index in [2.05, 4.69) is 0 Å². The van der Waals surface area contributed by atoms with Crippen molar-refractivity contribution in [3.05, 3.63) is 0 Å². The van der Waals surface area contributed by atoms with Gasteiger partial charge in [-0.2, -0.15) is 32.1 Å². The quantitative estimate of drug-likeness (QED) is 0.558. The van der Waals surface area contributed by atoms with Crippen LogP contribution in [-0.2, 0) is 18.8 Å². The van der Waals surface area contributed by atoms with E-state index in [-0.39, 0.29) is 24.3 Å². The molecule has 0 amide bonds. The van der Waals surface area contributed by atoms with E-state index in [4.69, 9.17) is 10.5 Å². The van der Waals surface area contributed by atoms with Crippen molar-refractivity contribution in [2.45, 2.75) is 18.3 Å². The van der Waals surface area contributed by atoms with Gasteiger partial charge in [-0.1, -0.05) is 0 Å². The van der Waals surface area contributed by atoms with E-state index in [1.54, 1.807) is 12.1 Å². The number of rotatable bonds is 5. The van der Waals surface area contributed by atoms with Crippen molar-refractivity contribution in [2.24, 2.45) is 0 Å². The maximum Gasteiger partial charge on any atom is 0.543 e. The van der Waals surface area contributed by atoms with Crippen LogP contribution in [0.15, 0.2) is 0 Å². The lowest BCUT2D eigenvalue weighted by Crippen LogP contribution is -2.34. The summed E-state index contributed by atoms with van der Waals surface area (Å²) in [6, 6.07) is 3.18. The Balaban J connectivity index is 4.90. The average molecular weight is 273 g/mol. The first kappa shape index (κ1) is 15.1. The molecule has 0 aromatic carbocycles. The maximum absolute atomic E-state index is 12.2. The van der Waals surface area contributed by atoms with Crippen molar-refractivity contribution in [2.75, 3.05) is 11.5 Å². The minimum atomic E-state index is -5.32. The van der Waals surface area contributed by atoms with Crippen molar-refractivity contribution in [1.82, 2.24) is 0 Å². The number of alkyl halides is 3. The Morgan fingerprint density at radius 3 is 1.69 bits per heavy atom. The maximum atomic E-state index is 12.2. The highest BCUT2D eigenvalue weighted by molar-refractivity contribution is 8.69. The first-order chi connectivity index (χ1) is 7.27. The predicted octanol–water partition coefficient (Wildman–Crippen LogP) is 1.28. The molecule has 0 aliphatic rings. The molecule has 0 fully saturated rings. The molecule has 0 saturated heterocycles. The predicted molar refractivity (Wildman–Crippen MR) is 52.5 cm³/mol. The van der Waals surface area contributed by atoms with Gasteiger partial charge in [-0.05, 0) is 0 Å². The summed E-state index contributed by atoms with van der Waals surface area (Å²) in [6.45, 7) is 0.